The molecule has 3 aromatic rings. The van der Waals surface area contributed by atoms with E-state index in [1.807, 2.05) is 54.3 Å². The summed E-state index contributed by atoms with van der Waals surface area (Å²) in [4.78, 5) is 25.3. The quantitative estimate of drug-likeness (QED) is 0.688. The Kier molecular flexibility index (Phi) is 4.42. The van der Waals surface area contributed by atoms with Crippen LogP contribution in [0.15, 0.2) is 54.9 Å². The zero-order chi connectivity index (χ0) is 19.8. The van der Waals surface area contributed by atoms with Gasteiger partial charge >= 0.3 is 0 Å². The summed E-state index contributed by atoms with van der Waals surface area (Å²) in [7, 11) is 0. The highest BCUT2D eigenvalue weighted by Gasteiger charge is 2.42. The first kappa shape index (κ1) is 17.7. The molecular formula is C22H22N6O. The van der Waals surface area contributed by atoms with Crippen molar-refractivity contribution >= 4 is 11.7 Å². The molecule has 2 aliphatic heterocycles. The first-order chi connectivity index (χ1) is 14.2. The van der Waals surface area contributed by atoms with Crippen LogP contribution in [0.2, 0.25) is 0 Å². The average molecular weight is 386 g/mol. The number of nitrogens with zero attached hydrogens (tertiary/aromatic N) is 6. The van der Waals surface area contributed by atoms with E-state index in [0.29, 0.717) is 17.5 Å². The van der Waals surface area contributed by atoms with E-state index in [1.54, 1.807) is 12.4 Å². The lowest BCUT2D eigenvalue weighted by atomic mass is 10.0. The van der Waals surface area contributed by atoms with Crippen LogP contribution in [0.3, 0.4) is 0 Å². The first-order valence-corrected chi connectivity index (χ1v) is 9.89. The van der Waals surface area contributed by atoms with Gasteiger partial charge in [-0.2, -0.15) is 0 Å². The van der Waals surface area contributed by atoms with Gasteiger partial charge in [0.25, 0.3) is 5.91 Å². The monoisotopic (exact) mass is 386 g/mol. The fraction of sp³-hybridized carbons (Fsp3) is 0.318. The Morgan fingerprint density at radius 3 is 2.28 bits per heavy atom. The molecule has 1 aromatic carbocycles. The average Bonchev–Trinajstić information content (AvgIpc) is 3.34. The number of hydrogen-bond acceptors (Lipinski definition) is 6. The van der Waals surface area contributed by atoms with Gasteiger partial charge in [-0.05, 0) is 19.1 Å². The number of anilines is 1. The molecule has 0 radical (unpaired) electrons. The number of aromatic nitrogens is 4. The van der Waals surface area contributed by atoms with Crippen molar-refractivity contribution in [2.75, 3.05) is 31.1 Å². The second kappa shape index (κ2) is 7.24. The van der Waals surface area contributed by atoms with E-state index in [2.05, 4.69) is 25.1 Å². The standard InChI is InChI=1S/C22H22N6O/c1-15-9-24-20(10-23-15)22(29)28-13-17-11-27(12-18(17)14-28)21-8-7-19(25-26-21)16-5-3-2-4-6-16/h2-10,17-18H,11-14H2,1H3. The van der Waals surface area contributed by atoms with Crippen LogP contribution in [0.1, 0.15) is 16.2 Å². The number of aryl methyl sites for hydroxylation is 1. The summed E-state index contributed by atoms with van der Waals surface area (Å²) in [6.07, 6.45) is 3.21. The molecule has 2 atom stereocenters. The maximum absolute atomic E-state index is 12.7. The van der Waals surface area contributed by atoms with Crippen molar-refractivity contribution in [1.29, 1.82) is 0 Å². The SMILES string of the molecule is Cc1cnc(C(=O)N2CC3CN(c4ccc(-c5ccccc5)nn4)CC3C2)cn1. The Bertz CT molecular complexity index is 992. The molecule has 7 nitrogen and oxygen atoms in total. The second-order valence-electron chi connectivity index (χ2n) is 7.82. The topological polar surface area (TPSA) is 75.1 Å². The summed E-state index contributed by atoms with van der Waals surface area (Å²) in [5.74, 6) is 1.78. The molecule has 0 saturated carbocycles. The van der Waals surface area contributed by atoms with Gasteiger partial charge < -0.3 is 9.80 Å². The molecule has 0 spiro atoms. The Morgan fingerprint density at radius 2 is 1.66 bits per heavy atom. The van der Waals surface area contributed by atoms with Gasteiger partial charge in [-0.15, -0.1) is 10.2 Å². The number of rotatable bonds is 3. The minimum atomic E-state index is -0.0227. The molecule has 1 amide bonds. The van der Waals surface area contributed by atoms with Crippen LogP contribution in [0, 0.1) is 18.8 Å². The van der Waals surface area contributed by atoms with E-state index in [-0.39, 0.29) is 5.91 Å². The summed E-state index contributed by atoms with van der Waals surface area (Å²) in [6.45, 7) is 5.17. The number of benzene rings is 1. The predicted octanol–water partition coefficient (Wildman–Crippen LogP) is 2.45. The Morgan fingerprint density at radius 1 is 0.897 bits per heavy atom. The smallest absolute Gasteiger partial charge is 0.274 e. The van der Waals surface area contributed by atoms with E-state index in [1.165, 1.54) is 0 Å². The van der Waals surface area contributed by atoms with Crippen molar-refractivity contribution in [2.45, 2.75) is 6.92 Å². The van der Waals surface area contributed by atoms with Crippen LogP contribution >= 0.6 is 0 Å². The molecule has 2 unspecified atom stereocenters. The van der Waals surface area contributed by atoms with Gasteiger partial charge in [0.1, 0.15) is 5.69 Å². The Balaban J connectivity index is 1.23. The summed E-state index contributed by atoms with van der Waals surface area (Å²) in [6, 6.07) is 14.1. The van der Waals surface area contributed by atoms with Crippen molar-refractivity contribution in [3.05, 3.63) is 66.2 Å². The van der Waals surface area contributed by atoms with Crippen LogP contribution in [0.5, 0.6) is 0 Å². The molecular weight excluding hydrogens is 364 g/mol. The number of carbonyl (C=O) groups excluding carboxylic acids is 1. The van der Waals surface area contributed by atoms with Gasteiger partial charge in [0.05, 0.1) is 17.6 Å². The van der Waals surface area contributed by atoms with E-state index in [4.69, 9.17) is 0 Å². The number of hydrogen-bond donors (Lipinski definition) is 0. The minimum Gasteiger partial charge on any atom is -0.354 e. The Labute approximate surface area is 169 Å². The van der Waals surface area contributed by atoms with E-state index >= 15 is 0 Å². The van der Waals surface area contributed by atoms with E-state index in [0.717, 1.165) is 48.9 Å². The van der Waals surface area contributed by atoms with Gasteiger partial charge in [0.2, 0.25) is 0 Å². The summed E-state index contributed by atoms with van der Waals surface area (Å²) < 4.78 is 0. The molecule has 29 heavy (non-hydrogen) atoms. The zero-order valence-corrected chi connectivity index (χ0v) is 16.3. The first-order valence-electron chi connectivity index (χ1n) is 9.89. The lowest BCUT2D eigenvalue weighted by molar-refractivity contribution is 0.0776. The molecule has 0 bridgehead atoms. The predicted molar refractivity (Wildman–Crippen MR) is 109 cm³/mol. The number of carbonyl (C=O) groups is 1. The van der Waals surface area contributed by atoms with Gasteiger partial charge in [-0.1, -0.05) is 30.3 Å². The Hall–Kier alpha value is -3.35. The maximum Gasteiger partial charge on any atom is 0.274 e. The fourth-order valence-electron chi connectivity index (χ4n) is 4.27. The third-order valence-electron chi connectivity index (χ3n) is 5.82. The molecule has 2 aromatic heterocycles. The third-order valence-corrected chi connectivity index (χ3v) is 5.82. The van der Waals surface area contributed by atoms with Crippen LogP contribution in [-0.2, 0) is 0 Å². The molecule has 7 heteroatoms. The van der Waals surface area contributed by atoms with Crippen molar-refractivity contribution in [1.82, 2.24) is 25.1 Å². The van der Waals surface area contributed by atoms with E-state index < -0.39 is 0 Å². The van der Waals surface area contributed by atoms with E-state index in [9.17, 15) is 4.79 Å². The number of likely N-dealkylation sites (tertiary alicyclic amines) is 1. The van der Waals surface area contributed by atoms with Crippen molar-refractivity contribution < 1.29 is 4.79 Å². The van der Waals surface area contributed by atoms with Crippen molar-refractivity contribution in [2.24, 2.45) is 11.8 Å². The minimum absolute atomic E-state index is 0.0227. The highest BCUT2D eigenvalue weighted by atomic mass is 16.2. The highest BCUT2D eigenvalue weighted by molar-refractivity contribution is 5.92. The van der Waals surface area contributed by atoms with Crippen molar-refractivity contribution in [3.8, 4) is 11.3 Å². The molecule has 5 rings (SSSR count). The molecule has 2 aliphatic rings. The van der Waals surface area contributed by atoms with Gasteiger partial charge in [-0.3, -0.25) is 9.78 Å². The van der Waals surface area contributed by atoms with Gasteiger partial charge in [0.15, 0.2) is 5.82 Å². The molecule has 2 fully saturated rings. The molecule has 4 heterocycles. The molecule has 2 saturated heterocycles. The zero-order valence-electron chi connectivity index (χ0n) is 16.3. The lowest BCUT2D eigenvalue weighted by Crippen LogP contribution is -2.34. The lowest BCUT2D eigenvalue weighted by Gasteiger charge is -2.22. The molecule has 146 valence electrons. The number of amides is 1. The van der Waals surface area contributed by atoms with Gasteiger partial charge in [-0.25, -0.2) is 4.98 Å². The van der Waals surface area contributed by atoms with Gasteiger partial charge in [0, 0.05) is 49.8 Å². The van der Waals surface area contributed by atoms with Crippen LogP contribution in [0.4, 0.5) is 5.82 Å². The van der Waals surface area contributed by atoms with Crippen LogP contribution in [0.25, 0.3) is 11.3 Å². The summed E-state index contributed by atoms with van der Waals surface area (Å²) in [5, 5.41) is 8.86. The third kappa shape index (κ3) is 3.44. The highest BCUT2D eigenvalue weighted by Crippen LogP contribution is 2.34. The van der Waals surface area contributed by atoms with Crippen LogP contribution in [-0.4, -0.2) is 57.2 Å². The van der Waals surface area contributed by atoms with Crippen molar-refractivity contribution in [3.63, 3.8) is 0 Å². The largest absolute Gasteiger partial charge is 0.354 e. The molecule has 0 N–H and O–H groups in total. The molecule has 0 aliphatic carbocycles. The summed E-state index contributed by atoms with van der Waals surface area (Å²) >= 11 is 0. The van der Waals surface area contributed by atoms with Crippen LogP contribution < -0.4 is 4.90 Å². The summed E-state index contributed by atoms with van der Waals surface area (Å²) in [5.41, 5.74) is 3.19. The number of fused-ring (bicyclic) bond motifs is 1. The second-order valence-corrected chi connectivity index (χ2v) is 7.82. The normalized spacial score (nSPS) is 20.7. The fourth-order valence-corrected chi connectivity index (χ4v) is 4.27. The maximum atomic E-state index is 12.7.